The van der Waals surface area contributed by atoms with Gasteiger partial charge in [0.2, 0.25) is 0 Å². The van der Waals surface area contributed by atoms with Crippen molar-refractivity contribution in [3.8, 4) is 16.9 Å². The van der Waals surface area contributed by atoms with Gasteiger partial charge in [-0.15, -0.1) is 5.10 Å². The fourth-order valence-electron chi connectivity index (χ4n) is 5.41. The van der Waals surface area contributed by atoms with Gasteiger partial charge < -0.3 is 10.2 Å². The number of aromatic nitrogens is 5. The van der Waals surface area contributed by atoms with Crippen molar-refractivity contribution in [1.82, 2.24) is 29.7 Å². The third-order valence-electron chi connectivity index (χ3n) is 8.27. The van der Waals surface area contributed by atoms with Crippen molar-refractivity contribution in [1.29, 1.82) is 0 Å². The van der Waals surface area contributed by atoms with Crippen LogP contribution in [0.2, 0.25) is 0 Å². The summed E-state index contributed by atoms with van der Waals surface area (Å²) in [6.45, 7) is 6.82. The zero-order valence-corrected chi connectivity index (χ0v) is 24.1. The van der Waals surface area contributed by atoms with E-state index in [2.05, 4.69) is 25.6 Å². The fraction of sp³-hybridized carbons (Fsp3) is 0.400. The summed E-state index contributed by atoms with van der Waals surface area (Å²) < 4.78 is 60.2. The smallest absolute Gasteiger partial charge is 0.367 e. The molecule has 1 aliphatic carbocycles. The number of halogens is 4. The predicted octanol–water partition coefficient (Wildman–Crippen LogP) is 5.23. The first-order valence-electron chi connectivity index (χ1n) is 14.2. The zero-order chi connectivity index (χ0) is 30.5. The van der Waals surface area contributed by atoms with E-state index in [9.17, 15) is 18.0 Å². The lowest BCUT2D eigenvalue weighted by atomic mass is 10.1. The number of aryl methyl sites for hydroxylation is 2. The number of alkyl halides is 3. The summed E-state index contributed by atoms with van der Waals surface area (Å²) >= 11 is 0. The molecule has 1 aliphatic heterocycles. The van der Waals surface area contributed by atoms with Crippen molar-refractivity contribution in [3.63, 3.8) is 0 Å². The third kappa shape index (κ3) is 5.99. The highest BCUT2D eigenvalue weighted by Gasteiger charge is 2.37. The monoisotopic (exact) mass is 596 g/mol. The molecule has 2 fully saturated rings. The number of hydrogen-bond acceptors (Lipinski definition) is 6. The first kappa shape index (κ1) is 28.8. The van der Waals surface area contributed by atoms with Gasteiger partial charge in [0.05, 0.1) is 29.3 Å². The van der Waals surface area contributed by atoms with Crippen LogP contribution in [-0.4, -0.2) is 68.3 Å². The molecule has 1 saturated carbocycles. The molecule has 9 nitrogen and oxygen atoms in total. The Kier molecular flexibility index (Phi) is 7.45. The molecule has 1 saturated heterocycles. The molecule has 0 bridgehead atoms. The van der Waals surface area contributed by atoms with E-state index in [1.54, 1.807) is 40.2 Å². The van der Waals surface area contributed by atoms with Crippen LogP contribution in [-0.2, 0) is 13.2 Å². The summed E-state index contributed by atoms with van der Waals surface area (Å²) in [5.74, 6) is -1.27. The number of amides is 1. The number of hydrogen-bond donors (Lipinski definition) is 1. The maximum Gasteiger partial charge on any atom is 0.419 e. The van der Waals surface area contributed by atoms with E-state index in [4.69, 9.17) is 0 Å². The number of carbonyl (C=O) groups excluding carboxylic acids is 1. The number of carbonyl (C=O) groups is 1. The minimum Gasteiger partial charge on any atom is -0.367 e. The topological polar surface area (TPSA) is 84.1 Å². The highest BCUT2D eigenvalue weighted by molar-refractivity contribution is 6.05. The van der Waals surface area contributed by atoms with Crippen LogP contribution in [0.1, 0.15) is 40.0 Å². The molecule has 13 heteroatoms. The Morgan fingerprint density at radius 2 is 1.79 bits per heavy atom. The van der Waals surface area contributed by atoms with Crippen molar-refractivity contribution in [2.24, 2.45) is 13.0 Å². The van der Waals surface area contributed by atoms with Gasteiger partial charge in [-0.1, -0.05) is 11.3 Å². The molecule has 0 radical (unpaired) electrons. The number of nitrogens with zero attached hydrogens (tertiary/aromatic N) is 7. The van der Waals surface area contributed by atoms with Gasteiger partial charge in [-0.3, -0.25) is 14.4 Å². The average molecular weight is 597 g/mol. The van der Waals surface area contributed by atoms with Crippen molar-refractivity contribution >= 4 is 17.3 Å². The van der Waals surface area contributed by atoms with E-state index in [1.165, 1.54) is 23.6 Å². The standard InChI is InChI=1S/C30H32F4N8O/c1-18-4-7-21(12-26(18)42-17-25(37-38-42)23-15-35-39(3)19(23)2)29(43)36-22-13-24(30(32,33)34)28(31)27(14-22)41-10-8-40(9-11-41)16-20-5-6-20/h4,7,12-15,17,20H,5-6,8-11,16H2,1-3H3,(H,36,43). The Balaban J connectivity index is 1.25. The van der Waals surface area contributed by atoms with Gasteiger partial charge in [0.1, 0.15) is 5.69 Å². The molecule has 0 spiro atoms. The molecule has 2 aromatic heterocycles. The number of anilines is 2. The zero-order valence-electron chi connectivity index (χ0n) is 24.1. The lowest BCUT2D eigenvalue weighted by Gasteiger charge is -2.36. The lowest BCUT2D eigenvalue weighted by molar-refractivity contribution is -0.139. The SMILES string of the molecule is Cc1ccc(C(=O)Nc2cc(N3CCN(CC4CC4)CC3)c(F)c(C(F)(F)F)c2)cc1-n1cc(-c2cnn(C)c2C)nn1. The van der Waals surface area contributed by atoms with Crippen LogP contribution in [0.25, 0.3) is 16.9 Å². The summed E-state index contributed by atoms with van der Waals surface area (Å²) in [7, 11) is 1.83. The molecular weight excluding hydrogens is 564 g/mol. The average Bonchev–Trinajstić information content (AvgIpc) is 3.54. The normalized spacial score (nSPS) is 16.1. The summed E-state index contributed by atoms with van der Waals surface area (Å²) in [5, 5.41) is 15.3. The summed E-state index contributed by atoms with van der Waals surface area (Å²) in [6.07, 6.45) is 0.903. The quantitative estimate of drug-likeness (QED) is 0.295. The van der Waals surface area contributed by atoms with Crippen LogP contribution < -0.4 is 10.2 Å². The minimum absolute atomic E-state index is 0.133. The van der Waals surface area contributed by atoms with Gasteiger partial charge >= 0.3 is 6.18 Å². The van der Waals surface area contributed by atoms with E-state index in [-0.39, 0.29) is 16.9 Å². The Morgan fingerprint density at radius 3 is 2.44 bits per heavy atom. The highest BCUT2D eigenvalue weighted by Crippen LogP contribution is 2.38. The number of nitrogens with one attached hydrogen (secondary N) is 1. The first-order valence-corrected chi connectivity index (χ1v) is 14.2. The largest absolute Gasteiger partial charge is 0.419 e. The van der Waals surface area contributed by atoms with E-state index in [1.807, 2.05) is 20.9 Å². The number of piperazine rings is 1. The second-order valence-electron chi connectivity index (χ2n) is 11.4. The minimum atomic E-state index is -4.93. The molecular formula is C30H32F4N8O. The van der Waals surface area contributed by atoms with Crippen LogP contribution in [0, 0.1) is 25.6 Å². The summed E-state index contributed by atoms with van der Waals surface area (Å²) in [6, 6.07) is 6.82. The fourth-order valence-corrected chi connectivity index (χ4v) is 5.41. The van der Waals surface area contributed by atoms with Crippen LogP contribution in [0.3, 0.4) is 0 Å². The van der Waals surface area contributed by atoms with Crippen LogP contribution in [0.15, 0.2) is 42.7 Å². The lowest BCUT2D eigenvalue weighted by Crippen LogP contribution is -2.47. The van der Waals surface area contributed by atoms with Crippen LogP contribution >= 0.6 is 0 Å². The summed E-state index contributed by atoms with van der Waals surface area (Å²) in [4.78, 5) is 17.2. The summed E-state index contributed by atoms with van der Waals surface area (Å²) in [5.41, 5.74) is 2.20. The van der Waals surface area contributed by atoms with Gasteiger partial charge in [-0.25, -0.2) is 9.07 Å². The molecule has 6 rings (SSSR count). The van der Waals surface area contributed by atoms with Gasteiger partial charge in [0.25, 0.3) is 5.91 Å². The Bertz CT molecular complexity index is 1660. The van der Waals surface area contributed by atoms with Gasteiger partial charge in [-0.2, -0.15) is 18.3 Å². The molecule has 43 heavy (non-hydrogen) atoms. The maximum atomic E-state index is 15.2. The molecule has 4 aromatic rings. The van der Waals surface area contributed by atoms with Crippen molar-refractivity contribution in [2.45, 2.75) is 32.9 Å². The Labute approximate surface area is 246 Å². The highest BCUT2D eigenvalue weighted by atomic mass is 19.4. The van der Waals surface area contributed by atoms with Crippen molar-refractivity contribution < 1.29 is 22.4 Å². The van der Waals surface area contributed by atoms with E-state index in [0.717, 1.165) is 23.4 Å². The number of rotatable bonds is 7. The van der Waals surface area contributed by atoms with Crippen LogP contribution in [0.5, 0.6) is 0 Å². The Hall–Kier alpha value is -4.26. The molecule has 1 N–H and O–H groups in total. The molecule has 3 heterocycles. The van der Waals surface area contributed by atoms with Gasteiger partial charge in [0, 0.05) is 62.3 Å². The van der Waals surface area contributed by atoms with E-state index in [0.29, 0.717) is 49.5 Å². The molecule has 2 aliphatic rings. The third-order valence-corrected chi connectivity index (χ3v) is 8.27. The first-order chi connectivity index (χ1) is 20.5. The maximum absolute atomic E-state index is 15.2. The van der Waals surface area contributed by atoms with Gasteiger partial charge in [-0.05, 0) is 62.4 Å². The van der Waals surface area contributed by atoms with E-state index >= 15 is 4.39 Å². The molecule has 2 aromatic carbocycles. The molecule has 0 atom stereocenters. The molecule has 1 amide bonds. The number of benzene rings is 2. The Morgan fingerprint density at radius 1 is 1.05 bits per heavy atom. The van der Waals surface area contributed by atoms with Gasteiger partial charge in [0.15, 0.2) is 5.82 Å². The predicted molar refractivity (Wildman–Crippen MR) is 154 cm³/mol. The van der Waals surface area contributed by atoms with Crippen molar-refractivity contribution in [3.05, 3.63) is 70.9 Å². The second kappa shape index (κ2) is 11.1. The molecule has 226 valence electrons. The second-order valence-corrected chi connectivity index (χ2v) is 11.4. The molecule has 0 unspecified atom stereocenters. The van der Waals surface area contributed by atoms with Crippen molar-refractivity contribution in [2.75, 3.05) is 42.9 Å². The van der Waals surface area contributed by atoms with Crippen LogP contribution in [0.4, 0.5) is 28.9 Å². The van der Waals surface area contributed by atoms with E-state index < -0.39 is 23.5 Å².